The van der Waals surface area contributed by atoms with Gasteiger partial charge in [-0.2, -0.15) is 0 Å². The summed E-state index contributed by atoms with van der Waals surface area (Å²) in [6, 6.07) is 30.3. The molecule has 0 N–H and O–H groups in total. The van der Waals surface area contributed by atoms with Gasteiger partial charge in [0.2, 0.25) is 15.6 Å². The number of ether oxygens (including phenoxy) is 1. The molecule has 4 aromatic rings. The number of Topliss-reactive ketones (excluding diaryl/α,β-unsaturated/α-hetero) is 1. The van der Waals surface area contributed by atoms with Crippen molar-refractivity contribution >= 4 is 27.0 Å². The molecule has 6 heteroatoms. The Morgan fingerprint density at radius 2 is 1.35 bits per heavy atom. The normalized spacial score (nSPS) is 14.1. The Morgan fingerprint density at radius 3 is 2.06 bits per heavy atom. The minimum absolute atomic E-state index is 0.0950. The van der Waals surface area contributed by atoms with E-state index in [0.717, 1.165) is 11.3 Å². The van der Waals surface area contributed by atoms with Gasteiger partial charge in [0.15, 0.2) is 0 Å². The van der Waals surface area contributed by atoms with Gasteiger partial charge >= 0.3 is 0 Å². The van der Waals surface area contributed by atoms with Gasteiger partial charge in [-0.25, -0.2) is 8.42 Å². The number of ketones is 1. The summed E-state index contributed by atoms with van der Waals surface area (Å²) in [5, 5.41) is 0. The maximum absolute atomic E-state index is 13.4. The second-order valence-electron chi connectivity index (χ2n) is 7.94. The predicted molar refractivity (Wildman–Crippen MR) is 132 cm³/mol. The maximum Gasteiger partial charge on any atom is 0.214 e. The number of allylic oxidation sites excluding steroid dienone is 1. The van der Waals surface area contributed by atoms with E-state index in [0.29, 0.717) is 22.7 Å². The highest BCUT2D eigenvalue weighted by molar-refractivity contribution is 7.96. The molecule has 5 rings (SSSR count). The number of aryl methyl sites for hydroxylation is 1. The number of anilines is 2. The van der Waals surface area contributed by atoms with Crippen LogP contribution in [0.3, 0.4) is 0 Å². The first-order chi connectivity index (χ1) is 16.4. The van der Waals surface area contributed by atoms with Crippen LogP contribution in [0.5, 0.6) is 11.5 Å². The second-order valence-corrected chi connectivity index (χ2v) is 9.83. The summed E-state index contributed by atoms with van der Waals surface area (Å²) in [5.74, 6) is 0.826. The molecule has 4 aromatic carbocycles. The van der Waals surface area contributed by atoms with Gasteiger partial charge in [0.1, 0.15) is 16.4 Å². The Morgan fingerprint density at radius 1 is 0.735 bits per heavy atom. The summed E-state index contributed by atoms with van der Waals surface area (Å²) >= 11 is 0. The van der Waals surface area contributed by atoms with E-state index in [9.17, 15) is 13.2 Å². The molecule has 1 aliphatic rings. The fourth-order valence-corrected chi connectivity index (χ4v) is 5.34. The van der Waals surface area contributed by atoms with E-state index in [4.69, 9.17) is 4.74 Å². The molecule has 0 radical (unpaired) electrons. The molecule has 34 heavy (non-hydrogen) atoms. The van der Waals surface area contributed by atoms with E-state index in [-0.39, 0.29) is 9.80 Å². The van der Waals surface area contributed by atoms with E-state index in [1.54, 1.807) is 47.4 Å². The Bertz CT molecular complexity index is 1490. The van der Waals surface area contributed by atoms with Crippen molar-refractivity contribution in [2.45, 2.75) is 11.8 Å². The molecule has 168 valence electrons. The summed E-state index contributed by atoms with van der Waals surface area (Å²) in [7, 11) is -3.98. The van der Waals surface area contributed by atoms with Crippen molar-refractivity contribution in [1.82, 2.24) is 0 Å². The Balaban J connectivity index is 1.55. The molecule has 0 unspecified atom stereocenters. The zero-order chi connectivity index (χ0) is 23.7. The number of para-hydroxylation sites is 2. The molecule has 0 bridgehead atoms. The quantitative estimate of drug-likeness (QED) is 0.316. The van der Waals surface area contributed by atoms with Crippen molar-refractivity contribution in [1.29, 1.82) is 0 Å². The summed E-state index contributed by atoms with van der Waals surface area (Å²) in [6.45, 7) is 1.91. The zero-order valence-corrected chi connectivity index (χ0v) is 19.2. The third-order valence-corrected chi connectivity index (χ3v) is 7.38. The molecule has 0 saturated carbocycles. The minimum Gasteiger partial charge on any atom is -0.457 e. The van der Waals surface area contributed by atoms with E-state index >= 15 is 0 Å². The lowest BCUT2D eigenvalue weighted by molar-refractivity contribution is 0.104. The molecule has 5 nitrogen and oxygen atoms in total. The van der Waals surface area contributed by atoms with Crippen LogP contribution in [0.1, 0.15) is 15.9 Å². The van der Waals surface area contributed by atoms with Crippen molar-refractivity contribution in [3.8, 4) is 11.5 Å². The molecule has 0 saturated heterocycles. The first-order valence-corrected chi connectivity index (χ1v) is 12.2. The number of fused-ring (bicyclic) bond motifs is 1. The van der Waals surface area contributed by atoms with Crippen molar-refractivity contribution in [2.24, 2.45) is 0 Å². The summed E-state index contributed by atoms with van der Waals surface area (Å²) in [5.41, 5.74) is 2.50. The van der Waals surface area contributed by atoms with Crippen LogP contribution in [0, 0.1) is 6.92 Å². The minimum atomic E-state index is -3.98. The number of nitrogens with zero attached hydrogens (tertiary/aromatic N) is 1. The van der Waals surface area contributed by atoms with Gasteiger partial charge in [0.05, 0.1) is 10.6 Å². The van der Waals surface area contributed by atoms with Gasteiger partial charge in [-0.1, -0.05) is 60.2 Å². The van der Waals surface area contributed by atoms with Gasteiger partial charge in [-0.3, -0.25) is 4.79 Å². The summed E-state index contributed by atoms with van der Waals surface area (Å²) < 4.78 is 32.6. The van der Waals surface area contributed by atoms with Crippen molar-refractivity contribution in [3.63, 3.8) is 0 Å². The van der Waals surface area contributed by atoms with Gasteiger partial charge in [0.25, 0.3) is 0 Å². The van der Waals surface area contributed by atoms with Crippen LogP contribution in [0.15, 0.2) is 119 Å². The van der Waals surface area contributed by atoms with Crippen molar-refractivity contribution in [2.75, 3.05) is 4.90 Å². The van der Waals surface area contributed by atoms with Crippen LogP contribution in [0.2, 0.25) is 0 Å². The Labute approximate surface area is 198 Å². The van der Waals surface area contributed by atoms with Crippen LogP contribution in [-0.4, -0.2) is 14.2 Å². The summed E-state index contributed by atoms with van der Waals surface area (Å²) in [4.78, 5) is 14.8. The number of carbonyl (C=O) groups excluding carboxylic acids is 1. The van der Waals surface area contributed by atoms with E-state index < -0.39 is 15.6 Å². The zero-order valence-electron chi connectivity index (χ0n) is 18.4. The first-order valence-electron chi connectivity index (χ1n) is 10.7. The molecular weight excluding hydrogens is 446 g/mol. The monoisotopic (exact) mass is 467 g/mol. The largest absolute Gasteiger partial charge is 0.457 e. The molecule has 0 spiro atoms. The second kappa shape index (κ2) is 8.65. The lowest BCUT2D eigenvalue weighted by Crippen LogP contribution is -2.25. The molecular formula is C28H21NO4S. The van der Waals surface area contributed by atoms with Gasteiger partial charge in [-0.05, 0) is 55.5 Å². The third kappa shape index (κ3) is 4.00. The Hall–Kier alpha value is -4.16. The standard InChI is InChI=1S/C28H21NO4S/c1-20-11-13-21(14-12-20)28(30)27-19-29(25-9-5-6-10-26(25)34(27,31)32)22-15-17-24(18-16-22)33-23-7-3-2-4-8-23/h2-19H,1H3. The number of hydrogen-bond acceptors (Lipinski definition) is 5. The fourth-order valence-electron chi connectivity index (χ4n) is 3.80. The molecule has 1 heterocycles. The SMILES string of the molecule is Cc1ccc(C(=O)C2=CN(c3ccc(Oc4ccccc4)cc3)c3ccccc3S2(=O)=O)cc1. The molecule has 0 atom stereocenters. The van der Waals surface area contributed by atoms with Gasteiger partial charge in [0, 0.05) is 17.5 Å². The van der Waals surface area contributed by atoms with Crippen LogP contribution in [0.4, 0.5) is 11.4 Å². The van der Waals surface area contributed by atoms with Crippen LogP contribution in [-0.2, 0) is 9.84 Å². The number of sulfone groups is 1. The smallest absolute Gasteiger partial charge is 0.214 e. The highest BCUT2D eigenvalue weighted by atomic mass is 32.2. The maximum atomic E-state index is 13.4. The van der Waals surface area contributed by atoms with Crippen molar-refractivity contribution < 1.29 is 17.9 Å². The summed E-state index contributed by atoms with van der Waals surface area (Å²) in [6.07, 6.45) is 1.41. The first kappa shape index (κ1) is 21.7. The lowest BCUT2D eigenvalue weighted by atomic mass is 10.1. The predicted octanol–water partition coefficient (Wildman–Crippen LogP) is 6.44. The number of hydrogen-bond donors (Lipinski definition) is 0. The van der Waals surface area contributed by atoms with Gasteiger partial charge in [-0.15, -0.1) is 0 Å². The third-order valence-electron chi connectivity index (χ3n) is 5.58. The number of rotatable bonds is 5. The van der Waals surface area contributed by atoms with Gasteiger partial charge < -0.3 is 9.64 Å². The topological polar surface area (TPSA) is 63.7 Å². The van der Waals surface area contributed by atoms with Crippen LogP contribution in [0.25, 0.3) is 0 Å². The molecule has 0 aromatic heterocycles. The number of carbonyl (C=O) groups is 1. The molecule has 0 aliphatic carbocycles. The average Bonchev–Trinajstić information content (AvgIpc) is 2.86. The van der Waals surface area contributed by atoms with Crippen LogP contribution >= 0.6 is 0 Å². The molecule has 1 aliphatic heterocycles. The van der Waals surface area contributed by atoms with Crippen molar-refractivity contribution in [3.05, 3.63) is 125 Å². The van der Waals surface area contributed by atoms with E-state index in [1.807, 2.05) is 61.5 Å². The van der Waals surface area contributed by atoms with E-state index in [2.05, 4.69) is 0 Å². The fraction of sp³-hybridized carbons (Fsp3) is 0.0357. The lowest BCUT2D eigenvalue weighted by Gasteiger charge is -2.29. The highest BCUT2D eigenvalue weighted by Crippen LogP contribution is 2.40. The van der Waals surface area contributed by atoms with E-state index in [1.165, 1.54) is 12.3 Å². The molecule has 0 amide bonds. The Kier molecular flexibility index (Phi) is 5.51. The highest BCUT2D eigenvalue weighted by Gasteiger charge is 2.36. The average molecular weight is 468 g/mol. The van der Waals surface area contributed by atoms with Crippen LogP contribution < -0.4 is 9.64 Å². The molecule has 0 fully saturated rings. The number of benzene rings is 4.